The number of hydrogen-bond donors (Lipinski definition) is 0. The Hall–Kier alpha value is -2.11. The third-order valence-electron chi connectivity index (χ3n) is 3.20. The van der Waals surface area contributed by atoms with Gasteiger partial charge >= 0.3 is 5.97 Å². The summed E-state index contributed by atoms with van der Waals surface area (Å²) in [6.07, 6.45) is 1.50. The van der Waals surface area contributed by atoms with Gasteiger partial charge in [0, 0.05) is 12.6 Å². The second-order valence-electron chi connectivity index (χ2n) is 4.35. The van der Waals surface area contributed by atoms with E-state index in [9.17, 15) is 14.9 Å². The van der Waals surface area contributed by atoms with Crippen LogP contribution in [0.3, 0.4) is 0 Å². The molecule has 0 aliphatic carbocycles. The second kappa shape index (κ2) is 5.69. The van der Waals surface area contributed by atoms with E-state index in [0.29, 0.717) is 25.3 Å². The minimum atomic E-state index is -0.421. The minimum Gasteiger partial charge on any atom is -0.464 e. The van der Waals surface area contributed by atoms with Gasteiger partial charge in [0.05, 0.1) is 11.5 Å². The van der Waals surface area contributed by atoms with Crippen LogP contribution >= 0.6 is 0 Å². The molecule has 0 amide bonds. The van der Waals surface area contributed by atoms with Crippen molar-refractivity contribution in [1.29, 1.82) is 0 Å². The van der Waals surface area contributed by atoms with Crippen LogP contribution in [-0.4, -0.2) is 30.1 Å². The molecule has 0 spiro atoms. The molecule has 0 aromatic heterocycles. The number of carbonyl (C=O) groups excluding carboxylic acids is 1. The van der Waals surface area contributed by atoms with Crippen LogP contribution in [0, 0.1) is 10.1 Å². The van der Waals surface area contributed by atoms with Gasteiger partial charge in [-0.05, 0) is 25.8 Å². The largest absolute Gasteiger partial charge is 0.464 e. The maximum absolute atomic E-state index is 11.9. The number of benzene rings is 1. The predicted octanol–water partition coefficient (Wildman–Crippen LogP) is 2.13. The van der Waals surface area contributed by atoms with Gasteiger partial charge in [0.2, 0.25) is 0 Å². The third-order valence-corrected chi connectivity index (χ3v) is 3.20. The normalized spacial score (nSPS) is 18.4. The van der Waals surface area contributed by atoms with Crippen LogP contribution in [0.4, 0.5) is 11.4 Å². The zero-order chi connectivity index (χ0) is 13.8. The minimum absolute atomic E-state index is 0.0266. The van der Waals surface area contributed by atoms with Gasteiger partial charge in [-0.2, -0.15) is 0 Å². The number of carbonyl (C=O) groups is 1. The number of ether oxygens (including phenoxy) is 1. The van der Waals surface area contributed by atoms with Crippen molar-refractivity contribution in [3.63, 3.8) is 0 Å². The Kier molecular flexibility index (Phi) is 3.99. The number of rotatable bonds is 4. The molecular weight excluding hydrogens is 248 g/mol. The summed E-state index contributed by atoms with van der Waals surface area (Å²) < 4.78 is 5.03. The van der Waals surface area contributed by atoms with Gasteiger partial charge < -0.3 is 9.64 Å². The van der Waals surface area contributed by atoms with Gasteiger partial charge in [-0.15, -0.1) is 0 Å². The summed E-state index contributed by atoms with van der Waals surface area (Å²) >= 11 is 0. The summed E-state index contributed by atoms with van der Waals surface area (Å²) in [7, 11) is 0. The Morgan fingerprint density at radius 3 is 2.95 bits per heavy atom. The summed E-state index contributed by atoms with van der Waals surface area (Å²) in [5, 5.41) is 11.0. The zero-order valence-corrected chi connectivity index (χ0v) is 10.7. The molecule has 6 heteroatoms. The Morgan fingerprint density at radius 1 is 1.53 bits per heavy atom. The molecule has 1 unspecified atom stereocenters. The number of anilines is 1. The number of nitro benzene ring substituents is 1. The molecule has 1 aromatic rings. The molecule has 1 fully saturated rings. The molecule has 0 saturated carbocycles. The van der Waals surface area contributed by atoms with Crippen molar-refractivity contribution < 1.29 is 14.5 Å². The first kappa shape index (κ1) is 13.3. The first-order valence-corrected chi connectivity index (χ1v) is 6.32. The third kappa shape index (κ3) is 2.67. The SMILES string of the molecule is CCOC(=O)C1CCCN1c1ccccc1[N+](=O)[O-]. The summed E-state index contributed by atoms with van der Waals surface area (Å²) in [5.74, 6) is -0.307. The average Bonchev–Trinajstić information content (AvgIpc) is 2.88. The first-order chi connectivity index (χ1) is 9.15. The van der Waals surface area contributed by atoms with E-state index < -0.39 is 11.0 Å². The van der Waals surface area contributed by atoms with Crippen molar-refractivity contribution in [3.8, 4) is 0 Å². The van der Waals surface area contributed by atoms with E-state index in [1.165, 1.54) is 6.07 Å². The lowest BCUT2D eigenvalue weighted by atomic mass is 10.2. The van der Waals surface area contributed by atoms with E-state index in [1.807, 2.05) is 0 Å². The fraction of sp³-hybridized carbons (Fsp3) is 0.462. The van der Waals surface area contributed by atoms with Crippen molar-refractivity contribution in [3.05, 3.63) is 34.4 Å². The summed E-state index contributed by atoms with van der Waals surface area (Å²) in [6.45, 7) is 2.70. The Balaban J connectivity index is 2.30. The predicted molar refractivity (Wildman–Crippen MR) is 70.1 cm³/mol. The number of nitro groups is 1. The average molecular weight is 264 g/mol. The fourth-order valence-corrected chi connectivity index (χ4v) is 2.40. The Bertz CT molecular complexity index is 489. The number of nitrogens with zero attached hydrogens (tertiary/aromatic N) is 2. The monoisotopic (exact) mass is 264 g/mol. The lowest BCUT2D eigenvalue weighted by Gasteiger charge is -2.24. The number of para-hydroxylation sites is 2. The van der Waals surface area contributed by atoms with Crippen LogP contribution in [0.15, 0.2) is 24.3 Å². The Morgan fingerprint density at radius 2 is 2.26 bits per heavy atom. The molecule has 1 aliphatic heterocycles. The molecule has 1 atom stereocenters. The quantitative estimate of drug-likeness (QED) is 0.473. The van der Waals surface area contributed by atoms with Gasteiger partial charge in [0.15, 0.2) is 0 Å². The highest BCUT2D eigenvalue weighted by Gasteiger charge is 2.34. The van der Waals surface area contributed by atoms with Gasteiger partial charge in [0.25, 0.3) is 5.69 Å². The zero-order valence-electron chi connectivity index (χ0n) is 10.7. The van der Waals surface area contributed by atoms with Crippen LogP contribution in [0.5, 0.6) is 0 Å². The van der Waals surface area contributed by atoms with Gasteiger partial charge in [-0.1, -0.05) is 12.1 Å². The van der Waals surface area contributed by atoms with E-state index in [2.05, 4.69) is 0 Å². The molecule has 102 valence electrons. The van der Waals surface area contributed by atoms with Crippen molar-refractivity contribution in [2.75, 3.05) is 18.1 Å². The summed E-state index contributed by atoms with van der Waals surface area (Å²) in [6, 6.07) is 6.08. The van der Waals surface area contributed by atoms with Gasteiger partial charge in [-0.25, -0.2) is 4.79 Å². The topological polar surface area (TPSA) is 72.7 Å². The maximum atomic E-state index is 11.9. The molecule has 0 radical (unpaired) electrons. The van der Waals surface area contributed by atoms with Crippen LogP contribution in [-0.2, 0) is 9.53 Å². The lowest BCUT2D eigenvalue weighted by molar-refractivity contribution is -0.384. The van der Waals surface area contributed by atoms with Crippen LogP contribution in [0.25, 0.3) is 0 Å². The first-order valence-electron chi connectivity index (χ1n) is 6.32. The fourth-order valence-electron chi connectivity index (χ4n) is 2.40. The van der Waals surface area contributed by atoms with E-state index in [4.69, 9.17) is 4.74 Å². The number of esters is 1. The van der Waals surface area contributed by atoms with Crippen molar-refractivity contribution in [1.82, 2.24) is 0 Å². The van der Waals surface area contributed by atoms with Crippen LogP contribution < -0.4 is 4.90 Å². The van der Waals surface area contributed by atoms with E-state index in [-0.39, 0.29) is 11.7 Å². The van der Waals surface area contributed by atoms with Crippen molar-refractivity contribution in [2.24, 2.45) is 0 Å². The summed E-state index contributed by atoms with van der Waals surface area (Å²) in [4.78, 5) is 24.3. The summed E-state index contributed by atoms with van der Waals surface area (Å²) in [5.41, 5.74) is 0.516. The second-order valence-corrected chi connectivity index (χ2v) is 4.35. The van der Waals surface area contributed by atoms with E-state index in [0.717, 1.165) is 6.42 Å². The molecule has 1 aromatic carbocycles. The molecule has 2 rings (SSSR count). The van der Waals surface area contributed by atoms with Crippen LogP contribution in [0.1, 0.15) is 19.8 Å². The molecule has 1 heterocycles. The highest BCUT2D eigenvalue weighted by Crippen LogP contribution is 2.33. The van der Waals surface area contributed by atoms with Gasteiger partial charge in [0.1, 0.15) is 11.7 Å². The lowest BCUT2D eigenvalue weighted by Crippen LogP contribution is -2.37. The number of hydrogen-bond acceptors (Lipinski definition) is 5. The highest BCUT2D eigenvalue weighted by atomic mass is 16.6. The maximum Gasteiger partial charge on any atom is 0.328 e. The van der Waals surface area contributed by atoms with E-state index in [1.54, 1.807) is 30.0 Å². The molecule has 0 N–H and O–H groups in total. The standard InChI is InChI=1S/C13H16N2O4/c1-2-19-13(16)12-8-5-9-14(12)10-6-3-4-7-11(10)15(17)18/h3-4,6-7,12H,2,5,8-9H2,1H3. The van der Waals surface area contributed by atoms with E-state index >= 15 is 0 Å². The molecule has 1 saturated heterocycles. The smallest absolute Gasteiger partial charge is 0.328 e. The van der Waals surface area contributed by atoms with Crippen molar-refractivity contribution in [2.45, 2.75) is 25.8 Å². The van der Waals surface area contributed by atoms with Crippen LogP contribution in [0.2, 0.25) is 0 Å². The molecule has 19 heavy (non-hydrogen) atoms. The van der Waals surface area contributed by atoms with Gasteiger partial charge in [-0.3, -0.25) is 10.1 Å². The molecule has 1 aliphatic rings. The molecule has 0 bridgehead atoms. The Labute approximate surface area is 111 Å². The molecule has 6 nitrogen and oxygen atoms in total. The molecular formula is C13H16N2O4. The highest BCUT2D eigenvalue weighted by molar-refractivity contribution is 5.82. The van der Waals surface area contributed by atoms with Crippen molar-refractivity contribution >= 4 is 17.3 Å².